The highest BCUT2D eigenvalue weighted by Gasteiger charge is 2.22. The lowest BCUT2D eigenvalue weighted by atomic mass is 9.96. The van der Waals surface area contributed by atoms with Crippen LogP contribution in [0.4, 0.5) is 11.6 Å². The van der Waals surface area contributed by atoms with E-state index in [2.05, 4.69) is 38.8 Å². The van der Waals surface area contributed by atoms with E-state index in [1.54, 1.807) is 6.07 Å². The van der Waals surface area contributed by atoms with Crippen molar-refractivity contribution >= 4 is 11.6 Å². The fourth-order valence-corrected chi connectivity index (χ4v) is 3.24. The lowest BCUT2D eigenvalue weighted by molar-refractivity contribution is 0.402. The molecule has 5 heteroatoms. The second kappa shape index (κ2) is 7.78. The predicted octanol–water partition coefficient (Wildman–Crippen LogP) is 3.09. The summed E-state index contributed by atoms with van der Waals surface area (Å²) in [5.41, 5.74) is 0.482. The molecule has 0 N–H and O–H groups in total. The highest BCUT2D eigenvalue weighted by Crippen LogP contribution is 2.24. The Morgan fingerprint density at radius 1 is 1.21 bits per heavy atom. The van der Waals surface area contributed by atoms with Gasteiger partial charge in [-0.25, -0.2) is 9.97 Å². The van der Waals surface area contributed by atoms with Crippen molar-refractivity contribution in [2.45, 2.75) is 19.8 Å². The van der Waals surface area contributed by atoms with Crippen molar-refractivity contribution in [3.63, 3.8) is 0 Å². The molecule has 0 bridgehead atoms. The quantitative estimate of drug-likeness (QED) is 0.847. The average molecular weight is 321 g/mol. The molecule has 1 aliphatic rings. The summed E-state index contributed by atoms with van der Waals surface area (Å²) in [5.74, 6) is 2.63. The van der Waals surface area contributed by atoms with Gasteiger partial charge in [0.1, 0.15) is 23.4 Å². The van der Waals surface area contributed by atoms with E-state index in [-0.39, 0.29) is 0 Å². The summed E-state index contributed by atoms with van der Waals surface area (Å²) < 4.78 is 0. The van der Waals surface area contributed by atoms with E-state index >= 15 is 0 Å². The van der Waals surface area contributed by atoms with Gasteiger partial charge in [-0.3, -0.25) is 0 Å². The summed E-state index contributed by atoms with van der Waals surface area (Å²) in [6.45, 7) is 6.14. The molecule has 0 saturated carbocycles. The highest BCUT2D eigenvalue weighted by atomic mass is 15.2. The number of hydrogen-bond acceptors (Lipinski definition) is 5. The zero-order valence-corrected chi connectivity index (χ0v) is 14.1. The van der Waals surface area contributed by atoms with Crippen molar-refractivity contribution in [2.24, 2.45) is 5.92 Å². The molecule has 0 aromatic carbocycles. The SMILES string of the molecule is CCN(CC1CCN(c2ccccn2)CC1)c1cccc(C#N)n1. The predicted molar refractivity (Wildman–Crippen MR) is 96.0 cm³/mol. The Labute approximate surface area is 143 Å². The van der Waals surface area contributed by atoms with Crippen molar-refractivity contribution in [1.29, 1.82) is 5.26 Å². The zero-order chi connectivity index (χ0) is 16.8. The number of pyridine rings is 2. The normalized spacial score (nSPS) is 15.1. The van der Waals surface area contributed by atoms with Gasteiger partial charge in [0.15, 0.2) is 0 Å². The summed E-state index contributed by atoms with van der Waals surface area (Å²) in [7, 11) is 0. The molecule has 1 aliphatic heterocycles. The Morgan fingerprint density at radius 2 is 2.04 bits per heavy atom. The van der Waals surface area contributed by atoms with E-state index in [4.69, 9.17) is 5.26 Å². The van der Waals surface area contributed by atoms with Crippen molar-refractivity contribution in [2.75, 3.05) is 36.0 Å². The molecule has 3 rings (SSSR count). The molecule has 0 amide bonds. The van der Waals surface area contributed by atoms with Gasteiger partial charge < -0.3 is 9.80 Å². The van der Waals surface area contributed by atoms with Crippen LogP contribution in [0.15, 0.2) is 42.6 Å². The van der Waals surface area contributed by atoms with Gasteiger partial charge in [0, 0.05) is 32.4 Å². The second-order valence-corrected chi connectivity index (χ2v) is 6.15. The zero-order valence-electron chi connectivity index (χ0n) is 14.1. The first-order valence-corrected chi connectivity index (χ1v) is 8.58. The molecular formula is C19H23N5. The molecule has 5 nitrogen and oxygen atoms in total. The molecule has 0 aliphatic carbocycles. The third-order valence-corrected chi connectivity index (χ3v) is 4.62. The van der Waals surface area contributed by atoms with Gasteiger partial charge in [0.25, 0.3) is 0 Å². The number of nitrogens with zero attached hydrogens (tertiary/aromatic N) is 5. The van der Waals surface area contributed by atoms with E-state index < -0.39 is 0 Å². The molecule has 1 fully saturated rings. The molecule has 0 spiro atoms. The standard InChI is InChI=1S/C19H23N5/c1-2-23(19-8-5-6-17(14-20)22-19)15-16-9-12-24(13-10-16)18-7-3-4-11-21-18/h3-8,11,16H,2,9-10,12-13,15H2,1H3. The maximum absolute atomic E-state index is 9.03. The first-order chi connectivity index (χ1) is 11.8. The number of hydrogen-bond donors (Lipinski definition) is 0. The smallest absolute Gasteiger partial charge is 0.142 e. The molecule has 3 heterocycles. The lowest BCUT2D eigenvalue weighted by Gasteiger charge is -2.35. The average Bonchev–Trinajstić information content (AvgIpc) is 2.67. The fourth-order valence-electron chi connectivity index (χ4n) is 3.24. The van der Waals surface area contributed by atoms with Crippen LogP contribution >= 0.6 is 0 Å². The largest absolute Gasteiger partial charge is 0.357 e. The first-order valence-electron chi connectivity index (χ1n) is 8.58. The summed E-state index contributed by atoms with van der Waals surface area (Å²) in [5, 5.41) is 9.03. The molecule has 0 unspecified atom stereocenters. The molecule has 24 heavy (non-hydrogen) atoms. The van der Waals surface area contributed by atoms with Crippen molar-refractivity contribution in [1.82, 2.24) is 9.97 Å². The Morgan fingerprint density at radius 3 is 2.71 bits per heavy atom. The van der Waals surface area contributed by atoms with Gasteiger partial charge in [-0.15, -0.1) is 0 Å². The van der Waals surface area contributed by atoms with Crippen molar-refractivity contribution in [3.05, 3.63) is 48.3 Å². The van der Waals surface area contributed by atoms with Crippen LogP contribution in [0.25, 0.3) is 0 Å². The third-order valence-electron chi connectivity index (χ3n) is 4.62. The third kappa shape index (κ3) is 3.83. The molecule has 0 atom stereocenters. The minimum absolute atomic E-state index is 0.482. The van der Waals surface area contributed by atoms with Crippen LogP contribution in [0.2, 0.25) is 0 Å². The van der Waals surface area contributed by atoms with Crippen molar-refractivity contribution < 1.29 is 0 Å². The molecular weight excluding hydrogens is 298 g/mol. The van der Waals surface area contributed by atoms with Gasteiger partial charge in [0.2, 0.25) is 0 Å². The Bertz CT molecular complexity index is 686. The van der Waals surface area contributed by atoms with Crippen molar-refractivity contribution in [3.8, 4) is 6.07 Å². The van der Waals surface area contributed by atoms with Gasteiger partial charge in [-0.2, -0.15) is 5.26 Å². The van der Waals surface area contributed by atoms with Crippen LogP contribution in [0.3, 0.4) is 0 Å². The van der Waals surface area contributed by atoms with Gasteiger partial charge in [0.05, 0.1) is 0 Å². The van der Waals surface area contributed by atoms with Crippen LogP contribution in [-0.4, -0.2) is 36.1 Å². The fraction of sp³-hybridized carbons (Fsp3) is 0.421. The number of rotatable bonds is 5. The molecule has 0 radical (unpaired) electrons. The van der Waals surface area contributed by atoms with E-state index in [0.717, 1.165) is 50.7 Å². The summed E-state index contributed by atoms with van der Waals surface area (Å²) in [4.78, 5) is 13.5. The Balaban J connectivity index is 1.59. The summed E-state index contributed by atoms with van der Waals surface area (Å²) in [6, 6.07) is 13.9. The van der Waals surface area contributed by atoms with Crippen LogP contribution < -0.4 is 9.80 Å². The molecule has 124 valence electrons. The van der Waals surface area contributed by atoms with Gasteiger partial charge >= 0.3 is 0 Å². The van der Waals surface area contributed by atoms with Gasteiger partial charge in [-0.1, -0.05) is 12.1 Å². The Kier molecular flexibility index (Phi) is 5.27. The van der Waals surface area contributed by atoms with Crippen LogP contribution in [0.5, 0.6) is 0 Å². The first kappa shape index (κ1) is 16.3. The molecule has 1 saturated heterocycles. The minimum Gasteiger partial charge on any atom is -0.357 e. The molecule has 2 aromatic rings. The second-order valence-electron chi connectivity index (χ2n) is 6.15. The van der Waals surface area contributed by atoms with E-state index in [1.165, 1.54) is 0 Å². The summed E-state index contributed by atoms with van der Waals surface area (Å²) in [6.07, 6.45) is 4.17. The van der Waals surface area contributed by atoms with E-state index in [0.29, 0.717) is 11.6 Å². The number of aromatic nitrogens is 2. The monoisotopic (exact) mass is 321 g/mol. The van der Waals surface area contributed by atoms with E-state index in [1.807, 2.05) is 30.5 Å². The Hall–Kier alpha value is -2.61. The van der Waals surface area contributed by atoms with Crippen LogP contribution in [0.1, 0.15) is 25.5 Å². The number of piperidine rings is 1. The lowest BCUT2D eigenvalue weighted by Crippen LogP contribution is -2.39. The van der Waals surface area contributed by atoms with Gasteiger partial charge in [-0.05, 0) is 49.9 Å². The van der Waals surface area contributed by atoms with Crippen LogP contribution in [-0.2, 0) is 0 Å². The topological polar surface area (TPSA) is 56.0 Å². The highest BCUT2D eigenvalue weighted by molar-refractivity contribution is 5.42. The maximum Gasteiger partial charge on any atom is 0.142 e. The summed E-state index contributed by atoms with van der Waals surface area (Å²) >= 11 is 0. The maximum atomic E-state index is 9.03. The van der Waals surface area contributed by atoms with E-state index in [9.17, 15) is 0 Å². The van der Waals surface area contributed by atoms with Crippen LogP contribution in [0, 0.1) is 17.2 Å². The number of nitriles is 1. The number of anilines is 2. The minimum atomic E-state index is 0.482. The molecule has 2 aromatic heterocycles.